The summed E-state index contributed by atoms with van der Waals surface area (Å²) in [7, 11) is 0. The molecule has 0 aliphatic rings. The molecule has 0 radical (unpaired) electrons. The molecular weight excluding hydrogens is 202 g/mol. The predicted molar refractivity (Wildman–Crippen MR) is 66.4 cm³/mol. The molecule has 1 aromatic heterocycles. The van der Waals surface area contributed by atoms with Crippen molar-refractivity contribution in [2.75, 3.05) is 0 Å². The normalized spacial score (nSPS) is 10.9. The van der Waals surface area contributed by atoms with E-state index >= 15 is 0 Å². The lowest BCUT2D eigenvalue weighted by Gasteiger charge is -1.98. The second-order valence-corrected chi connectivity index (χ2v) is 5.15. The molecule has 0 amide bonds. The van der Waals surface area contributed by atoms with Crippen LogP contribution in [-0.4, -0.2) is 4.98 Å². The van der Waals surface area contributed by atoms with Crippen LogP contribution in [0, 0.1) is 6.92 Å². The number of rotatable bonds is 2. The van der Waals surface area contributed by atoms with Crippen molar-refractivity contribution in [2.45, 2.75) is 26.7 Å². The quantitative estimate of drug-likeness (QED) is 0.733. The summed E-state index contributed by atoms with van der Waals surface area (Å²) in [5, 5.41) is 1.21. The molecule has 0 atom stereocenters. The topological polar surface area (TPSA) is 12.9 Å². The number of nitrogens with zero attached hydrogens (tertiary/aromatic N) is 1. The van der Waals surface area contributed by atoms with Gasteiger partial charge in [0.25, 0.3) is 0 Å². The molecule has 0 aliphatic heterocycles. The largest absolute Gasteiger partial charge is 0.249 e. The maximum absolute atomic E-state index is 4.43. The predicted octanol–water partition coefficient (Wildman–Crippen LogP) is 4.24. The van der Waals surface area contributed by atoms with Crippen LogP contribution in [0.5, 0.6) is 0 Å². The fourth-order valence-electron chi connectivity index (χ4n) is 1.41. The number of benzene rings is 1. The van der Waals surface area contributed by atoms with E-state index in [0.717, 1.165) is 0 Å². The van der Waals surface area contributed by atoms with Crippen molar-refractivity contribution >= 4 is 11.3 Å². The van der Waals surface area contributed by atoms with Crippen molar-refractivity contribution in [1.82, 2.24) is 4.98 Å². The third kappa shape index (κ3) is 2.26. The highest BCUT2D eigenvalue weighted by atomic mass is 32.1. The SMILES string of the molecule is Cc1ccc(-c2cnc(C(C)C)s2)cc1. The number of hydrogen-bond acceptors (Lipinski definition) is 2. The van der Waals surface area contributed by atoms with E-state index in [1.165, 1.54) is 21.0 Å². The van der Waals surface area contributed by atoms with Crippen molar-refractivity contribution < 1.29 is 0 Å². The van der Waals surface area contributed by atoms with Gasteiger partial charge in [0.15, 0.2) is 0 Å². The van der Waals surface area contributed by atoms with E-state index in [4.69, 9.17) is 0 Å². The van der Waals surface area contributed by atoms with E-state index in [1.807, 2.05) is 6.20 Å². The zero-order valence-corrected chi connectivity index (χ0v) is 10.1. The highest BCUT2D eigenvalue weighted by Crippen LogP contribution is 2.29. The molecule has 15 heavy (non-hydrogen) atoms. The molecule has 2 heteroatoms. The van der Waals surface area contributed by atoms with Crippen LogP contribution in [0.25, 0.3) is 10.4 Å². The van der Waals surface area contributed by atoms with Gasteiger partial charge in [-0.3, -0.25) is 0 Å². The molecule has 1 nitrogen and oxygen atoms in total. The average molecular weight is 217 g/mol. The molecule has 0 N–H and O–H groups in total. The summed E-state index contributed by atoms with van der Waals surface area (Å²) < 4.78 is 0. The summed E-state index contributed by atoms with van der Waals surface area (Å²) in [6, 6.07) is 8.61. The first-order chi connectivity index (χ1) is 7.16. The zero-order valence-electron chi connectivity index (χ0n) is 9.32. The van der Waals surface area contributed by atoms with Crippen LogP contribution in [-0.2, 0) is 0 Å². The second-order valence-electron chi connectivity index (χ2n) is 4.08. The molecule has 1 heterocycles. The molecule has 0 spiro atoms. The van der Waals surface area contributed by atoms with Gasteiger partial charge in [-0.15, -0.1) is 11.3 Å². The van der Waals surface area contributed by atoms with Crippen LogP contribution < -0.4 is 0 Å². The minimum absolute atomic E-state index is 0.522. The minimum Gasteiger partial charge on any atom is -0.249 e. The first-order valence-electron chi connectivity index (χ1n) is 5.19. The molecule has 2 rings (SSSR count). The Bertz CT molecular complexity index is 440. The molecule has 1 aromatic carbocycles. The van der Waals surface area contributed by atoms with E-state index in [-0.39, 0.29) is 0 Å². The molecule has 0 saturated carbocycles. The number of aromatic nitrogens is 1. The lowest BCUT2D eigenvalue weighted by Crippen LogP contribution is -1.81. The van der Waals surface area contributed by atoms with E-state index < -0.39 is 0 Å². The van der Waals surface area contributed by atoms with Crippen LogP contribution in [0.2, 0.25) is 0 Å². The van der Waals surface area contributed by atoms with Gasteiger partial charge in [0.05, 0.1) is 9.88 Å². The standard InChI is InChI=1S/C13H15NS/c1-9(2)13-14-8-12(15-13)11-6-4-10(3)5-7-11/h4-9H,1-3H3. The molecule has 0 fully saturated rings. The third-order valence-electron chi connectivity index (χ3n) is 2.35. The van der Waals surface area contributed by atoms with E-state index in [2.05, 4.69) is 50.0 Å². The summed E-state index contributed by atoms with van der Waals surface area (Å²) in [6.45, 7) is 6.46. The van der Waals surface area contributed by atoms with Crippen molar-refractivity contribution in [3.63, 3.8) is 0 Å². The lowest BCUT2D eigenvalue weighted by molar-refractivity contribution is 0.852. The number of thiazole rings is 1. The Kier molecular flexibility index (Phi) is 2.87. The van der Waals surface area contributed by atoms with Gasteiger partial charge in [-0.25, -0.2) is 4.98 Å². The Morgan fingerprint density at radius 2 is 1.80 bits per heavy atom. The first-order valence-corrected chi connectivity index (χ1v) is 6.01. The van der Waals surface area contributed by atoms with Gasteiger partial charge in [0, 0.05) is 12.1 Å². The summed E-state index contributed by atoms with van der Waals surface area (Å²) in [6.07, 6.45) is 1.98. The van der Waals surface area contributed by atoms with E-state index in [0.29, 0.717) is 5.92 Å². The van der Waals surface area contributed by atoms with Gasteiger partial charge in [-0.1, -0.05) is 43.7 Å². The molecule has 0 saturated heterocycles. The maximum Gasteiger partial charge on any atom is 0.0956 e. The van der Waals surface area contributed by atoms with Gasteiger partial charge in [-0.05, 0) is 12.5 Å². The lowest BCUT2D eigenvalue weighted by atomic mass is 10.1. The van der Waals surface area contributed by atoms with Crippen molar-refractivity contribution in [3.05, 3.63) is 41.0 Å². The fraction of sp³-hybridized carbons (Fsp3) is 0.308. The van der Waals surface area contributed by atoms with Gasteiger partial charge < -0.3 is 0 Å². The van der Waals surface area contributed by atoms with Crippen LogP contribution >= 0.6 is 11.3 Å². The van der Waals surface area contributed by atoms with Gasteiger partial charge in [0.2, 0.25) is 0 Å². The van der Waals surface area contributed by atoms with Gasteiger partial charge in [-0.2, -0.15) is 0 Å². The molecule has 0 bridgehead atoms. The number of hydrogen-bond donors (Lipinski definition) is 0. The molecular formula is C13H15NS. The van der Waals surface area contributed by atoms with E-state index in [1.54, 1.807) is 11.3 Å². The summed E-state index contributed by atoms with van der Waals surface area (Å²) >= 11 is 1.79. The first kappa shape index (κ1) is 10.4. The highest BCUT2D eigenvalue weighted by molar-refractivity contribution is 7.15. The fourth-order valence-corrected chi connectivity index (χ4v) is 2.33. The van der Waals surface area contributed by atoms with Crippen molar-refractivity contribution in [3.8, 4) is 10.4 Å². The average Bonchev–Trinajstić information content (AvgIpc) is 2.68. The Labute approximate surface area is 94.8 Å². The van der Waals surface area contributed by atoms with Gasteiger partial charge in [0.1, 0.15) is 0 Å². The van der Waals surface area contributed by atoms with Crippen LogP contribution in [0.3, 0.4) is 0 Å². The highest BCUT2D eigenvalue weighted by Gasteiger charge is 2.06. The van der Waals surface area contributed by atoms with E-state index in [9.17, 15) is 0 Å². The summed E-state index contributed by atoms with van der Waals surface area (Å²) in [4.78, 5) is 5.70. The Morgan fingerprint density at radius 1 is 1.13 bits per heavy atom. The second kappa shape index (κ2) is 4.15. The minimum atomic E-state index is 0.522. The molecule has 0 unspecified atom stereocenters. The Hall–Kier alpha value is -1.15. The maximum atomic E-state index is 4.43. The molecule has 78 valence electrons. The smallest absolute Gasteiger partial charge is 0.0956 e. The molecule has 2 aromatic rings. The van der Waals surface area contributed by atoms with Crippen LogP contribution in [0.1, 0.15) is 30.3 Å². The van der Waals surface area contributed by atoms with Crippen LogP contribution in [0.15, 0.2) is 30.5 Å². The van der Waals surface area contributed by atoms with Crippen LogP contribution in [0.4, 0.5) is 0 Å². The third-order valence-corrected chi connectivity index (χ3v) is 3.70. The Morgan fingerprint density at radius 3 is 2.33 bits per heavy atom. The zero-order chi connectivity index (χ0) is 10.8. The molecule has 0 aliphatic carbocycles. The monoisotopic (exact) mass is 217 g/mol. The number of aryl methyl sites for hydroxylation is 1. The van der Waals surface area contributed by atoms with Crippen molar-refractivity contribution in [1.29, 1.82) is 0 Å². The van der Waals surface area contributed by atoms with Gasteiger partial charge >= 0.3 is 0 Å². The Balaban J connectivity index is 2.33. The summed E-state index contributed by atoms with van der Waals surface area (Å²) in [5.74, 6) is 0.522. The summed E-state index contributed by atoms with van der Waals surface area (Å²) in [5.41, 5.74) is 2.57. The van der Waals surface area contributed by atoms with Crippen molar-refractivity contribution in [2.24, 2.45) is 0 Å².